The van der Waals surface area contributed by atoms with E-state index in [1.54, 1.807) is 0 Å². The van der Waals surface area contributed by atoms with Crippen LogP contribution in [0.25, 0.3) is 71.6 Å². The van der Waals surface area contributed by atoms with Gasteiger partial charge >= 0.3 is 0 Å². The van der Waals surface area contributed by atoms with Gasteiger partial charge in [0.1, 0.15) is 5.58 Å². The van der Waals surface area contributed by atoms with Crippen LogP contribution in [0.1, 0.15) is 50.7 Å². The summed E-state index contributed by atoms with van der Waals surface area (Å²) in [5.74, 6) is 1.55. The van der Waals surface area contributed by atoms with Crippen molar-refractivity contribution in [3.63, 3.8) is 0 Å². The maximum absolute atomic E-state index is 7.00. The molecule has 8 aromatic rings. The fraction of sp³-hybridized carbons (Fsp3) is 0.195. The average Bonchev–Trinajstić information content (AvgIpc) is 3.66. The van der Waals surface area contributed by atoms with E-state index in [1.807, 2.05) is 6.07 Å². The topological polar surface area (TPSA) is 71.4 Å². The van der Waals surface area contributed by atoms with Crippen molar-refractivity contribution in [3.8, 4) is 17.1 Å². The van der Waals surface area contributed by atoms with Gasteiger partial charge in [0.25, 0.3) is 0 Å². The first-order valence-electron chi connectivity index (χ1n) is 15.7. The Kier molecular flexibility index (Phi) is 10.3. The SMILES string of the molecule is CC(C)c1cccc(C(C)C)c1-n1c(-c2[c-]ccc3c2oc2cc4c(ccc5ccccc54)cc23)nc2ccccc21.CO.CO.[Ir]. The number of rotatable bonds is 4. The Morgan fingerprint density at radius 1 is 0.660 bits per heavy atom. The molecule has 2 aromatic heterocycles. The van der Waals surface area contributed by atoms with E-state index in [-0.39, 0.29) is 20.1 Å². The van der Waals surface area contributed by atoms with Gasteiger partial charge in [-0.2, -0.15) is 0 Å². The number of hydrogen-bond acceptors (Lipinski definition) is 4. The molecule has 0 unspecified atom stereocenters. The minimum Gasteiger partial charge on any atom is -0.501 e. The molecule has 0 fully saturated rings. The molecule has 0 aliphatic rings. The van der Waals surface area contributed by atoms with Gasteiger partial charge in [0.2, 0.25) is 0 Å². The number of imidazole rings is 1. The van der Waals surface area contributed by atoms with Gasteiger partial charge in [-0.15, -0.1) is 18.2 Å². The summed E-state index contributed by atoms with van der Waals surface area (Å²) >= 11 is 0. The molecule has 5 nitrogen and oxygen atoms in total. The van der Waals surface area contributed by atoms with Crippen LogP contribution in [-0.4, -0.2) is 34.0 Å². The van der Waals surface area contributed by atoms with E-state index in [0.29, 0.717) is 11.8 Å². The van der Waals surface area contributed by atoms with Crippen molar-refractivity contribution < 1.29 is 34.7 Å². The maximum Gasteiger partial charge on any atom is 0.121 e. The monoisotopic (exact) mass is 800 g/mol. The van der Waals surface area contributed by atoms with Gasteiger partial charge in [-0.05, 0) is 68.8 Å². The van der Waals surface area contributed by atoms with E-state index in [2.05, 4.69) is 135 Å². The Labute approximate surface area is 288 Å². The first-order valence-corrected chi connectivity index (χ1v) is 15.7. The number of aliphatic hydroxyl groups excluding tert-OH is 2. The second-order valence-electron chi connectivity index (χ2n) is 11.9. The van der Waals surface area contributed by atoms with Gasteiger partial charge in [0.05, 0.1) is 22.4 Å². The van der Waals surface area contributed by atoms with Crippen LogP contribution in [0.4, 0.5) is 0 Å². The van der Waals surface area contributed by atoms with Gasteiger partial charge in [0, 0.05) is 45.4 Å². The van der Waals surface area contributed by atoms with Crippen LogP contribution in [0, 0.1) is 6.07 Å². The van der Waals surface area contributed by atoms with Gasteiger partial charge in [0.15, 0.2) is 0 Å². The molecule has 0 bridgehead atoms. The van der Waals surface area contributed by atoms with E-state index >= 15 is 0 Å². The van der Waals surface area contributed by atoms with Crippen molar-refractivity contribution in [1.29, 1.82) is 0 Å². The van der Waals surface area contributed by atoms with Crippen molar-refractivity contribution >= 4 is 54.5 Å². The molecule has 2 N–H and O–H groups in total. The van der Waals surface area contributed by atoms with Crippen LogP contribution in [-0.2, 0) is 20.1 Å². The van der Waals surface area contributed by atoms with Gasteiger partial charge in [-0.25, -0.2) is 0 Å². The van der Waals surface area contributed by atoms with Crippen LogP contribution in [0.5, 0.6) is 0 Å². The standard InChI is InChI=1S/C39H31N2O.2CH4O.Ir/c1-23(2)27-13-9-14-28(24(3)4)37(27)41-35-18-8-7-17-34(35)40-39(41)31-16-10-15-30-33-21-26-20-19-25-11-5-6-12-29(25)32(26)22-36(33)42-38(30)31;2*1-2;/h5-15,17-24H,1-4H3;2*2H,1H3;/q-1;;;. The first kappa shape index (κ1) is 34.0. The van der Waals surface area contributed by atoms with Crippen molar-refractivity contribution in [2.45, 2.75) is 39.5 Å². The minimum absolute atomic E-state index is 0. The van der Waals surface area contributed by atoms with Crippen LogP contribution in [0.2, 0.25) is 0 Å². The van der Waals surface area contributed by atoms with Gasteiger partial charge in [-0.1, -0.05) is 105 Å². The third-order valence-corrected chi connectivity index (χ3v) is 8.65. The Bertz CT molecular complexity index is 2310. The molecule has 6 heteroatoms. The molecular weight excluding hydrogens is 761 g/mol. The minimum atomic E-state index is 0. The molecule has 47 heavy (non-hydrogen) atoms. The molecule has 8 rings (SSSR count). The summed E-state index contributed by atoms with van der Waals surface area (Å²) in [6.07, 6.45) is 0. The molecule has 0 spiro atoms. The summed E-state index contributed by atoms with van der Waals surface area (Å²) in [5.41, 5.74) is 8.44. The zero-order valence-electron chi connectivity index (χ0n) is 27.5. The summed E-state index contributed by atoms with van der Waals surface area (Å²) in [7, 11) is 2.00. The number of nitrogens with zero attached hydrogens (tertiary/aromatic N) is 2. The Morgan fingerprint density at radius 3 is 2.04 bits per heavy atom. The third kappa shape index (κ3) is 5.77. The molecule has 0 aliphatic carbocycles. The number of aromatic nitrogens is 2. The molecule has 0 amide bonds. The predicted molar refractivity (Wildman–Crippen MR) is 192 cm³/mol. The van der Waals surface area contributed by atoms with Crippen molar-refractivity contribution in [2.24, 2.45) is 0 Å². The number of furan rings is 1. The van der Waals surface area contributed by atoms with Crippen LogP contribution < -0.4 is 0 Å². The smallest absolute Gasteiger partial charge is 0.121 e. The largest absolute Gasteiger partial charge is 0.501 e. The fourth-order valence-electron chi connectivity index (χ4n) is 6.60. The Hall–Kier alpha value is -4.32. The van der Waals surface area contributed by atoms with E-state index in [9.17, 15) is 0 Å². The molecule has 2 heterocycles. The number of benzene rings is 6. The molecule has 0 atom stereocenters. The molecule has 0 saturated heterocycles. The Balaban J connectivity index is 0.000000837. The average molecular weight is 800 g/mol. The summed E-state index contributed by atoms with van der Waals surface area (Å²) in [6.45, 7) is 9.06. The normalized spacial score (nSPS) is 11.2. The van der Waals surface area contributed by atoms with E-state index < -0.39 is 0 Å². The fourth-order valence-corrected chi connectivity index (χ4v) is 6.60. The molecule has 6 aromatic carbocycles. The zero-order chi connectivity index (χ0) is 32.5. The van der Waals surface area contributed by atoms with Crippen molar-refractivity contribution in [2.75, 3.05) is 14.2 Å². The summed E-state index contributed by atoms with van der Waals surface area (Å²) in [5, 5.41) is 21.1. The van der Waals surface area contributed by atoms with Crippen molar-refractivity contribution in [1.82, 2.24) is 9.55 Å². The molecule has 241 valence electrons. The first-order chi connectivity index (χ1) is 22.5. The summed E-state index contributed by atoms with van der Waals surface area (Å²) in [6, 6.07) is 40.2. The number of para-hydroxylation sites is 3. The van der Waals surface area contributed by atoms with E-state index in [0.717, 1.165) is 58.6 Å². The number of hydrogen-bond donors (Lipinski definition) is 2. The van der Waals surface area contributed by atoms with Crippen molar-refractivity contribution in [3.05, 3.63) is 120 Å². The molecule has 1 radical (unpaired) electrons. The molecule has 0 aliphatic heterocycles. The van der Waals surface area contributed by atoms with Crippen LogP contribution >= 0.6 is 0 Å². The third-order valence-electron chi connectivity index (χ3n) is 8.65. The quantitative estimate of drug-likeness (QED) is 0.137. The van der Waals surface area contributed by atoms with Crippen LogP contribution in [0.3, 0.4) is 0 Å². The summed E-state index contributed by atoms with van der Waals surface area (Å²) < 4.78 is 9.10. The molecule has 0 saturated carbocycles. The zero-order valence-corrected chi connectivity index (χ0v) is 29.9. The second-order valence-corrected chi connectivity index (χ2v) is 11.9. The number of aliphatic hydroxyl groups is 2. The maximum atomic E-state index is 7.00. The second kappa shape index (κ2) is 14.2. The summed E-state index contributed by atoms with van der Waals surface area (Å²) in [4.78, 5) is 5.25. The Morgan fingerprint density at radius 2 is 1.32 bits per heavy atom. The van der Waals surface area contributed by atoms with Gasteiger partial charge in [-0.3, -0.25) is 4.98 Å². The van der Waals surface area contributed by atoms with Gasteiger partial charge < -0.3 is 19.2 Å². The number of fused-ring (bicyclic) bond motifs is 7. The van der Waals surface area contributed by atoms with E-state index in [4.69, 9.17) is 19.6 Å². The molecular formula is C41H39IrN2O3-. The predicted octanol–water partition coefficient (Wildman–Crippen LogP) is 10.2. The van der Waals surface area contributed by atoms with E-state index in [1.165, 1.54) is 38.4 Å². The van der Waals surface area contributed by atoms with Crippen LogP contribution in [0.15, 0.2) is 108 Å².